The van der Waals surface area contributed by atoms with Crippen LogP contribution in [0.15, 0.2) is 85.5 Å². The van der Waals surface area contributed by atoms with Crippen LogP contribution < -0.4 is 4.90 Å². The molecule has 2 aliphatic heterocycles. The summed E-state index contributed by atoms with van der Waals surface area (Å²) >= 11 is 0. The van der Waals surface area contributed by atoms with Crippen molar-refractivity contribution in [3.05, 3.63) is 85.5 Å². The van der Waals surface area contributed by atoms with E-state index in [-0.39, 0.29) is 12.4 Å². The number of rotatable bonds is 4. The van der Waals surface area contributed by atoms with Crippen molar-refractivity contribution in [3.8, 4) is 33.6 Å². The lowest BCUT2D eigenvalue weighted by Crippen LogP contribution is -2.44. The lowest BCUT2D eigenvalue weighted by molar-refractivity contribution is 0.292. The number of fused-ring (bicyclic) bond motifs is 4. The van der Waals surface area contributed by atoms with E-state index in [2.05, 4.69) is 62.4 Å². The van der Waals surface area contributed by atoms with Crippen LogP contribution in [0.25, 0.3) is 50.2 Å². The molecule has 0 aliphatic carbocycles. The van der Waals surface area contributed by atoms with Crippen molar-refractivity contribution in [3.63, 3.8) is 0 Å². The Balaban J connectivity index is 0.00000253. The number of likely N-dealkylation sites (N-methyl/N-ethyl adjacent to an activating group) is 1. The standard InChI is InChI=1S/C30H26N8.ClH/c1-36-17-23-15-22(36)18-37(23)21-7-5-19(6-8-21)27-11-14-32-30-28(24-3-2-4-26-25(24)16-33-34-26)29(35-38(27)30)20-9-12-31-13-10-20;/h2-14,16,22-23H,15,17-18H2,1H3,(H,33,34);1H/t22-,23-;/m0./s1. The number of aromatic amines is 1. The van der Waals surface area contributed by atoms with Crippen LogP contribution >= 0.6 is 12.4 Å². The normalized spacial score (nSPS) is 18.7. The van der Waals surface area contributed by atoms with Crippen molar-refractivity contribution in [1.29, 1.82) is 0 Å². The van der Waals surface area contributed by atoms with Gasteiger partial charge in [-0.1, -0.05) is 24.3 Å². The Morgan fingerprint density at radius 2 is 1.72 bits per heavy atom. The average Bonchev–Trinajstić information content (AvgIpc) is 3.75. The maximum Gasteiger partial charge on any atom is 0.164 e. The Bertz CT molecular complexity index is 1790. The Labute approximate surface area is 231 Å². The fraction of sp³-hybridized carbons (Fsp3) is 0.200. The monoisotopic (exact) mass is 534 g/mol. The minimum Gasteiger partial charge on any atom is -0.366 e. The molecule has 0 spiro atoms. The summed E-state index contributed by atoms with van der Waals surface area (Å²) in [6, 6.07) is 22.4. The fourth-order valence-electron chi connectivity index (χ4n) is 6.32. The highest BCUT2D eigenvalue weighted by molar-refractivity contribution is 6.02. The molecular weight excluding hydrogens is 508 g/mol. The van der Waals surface area contributed by atoms with Crippen molar-refractivity contribution < 1.29 is 0 Å². The molecule has 8 nitrogen and oxygen atoms in total. The van der Waals surface area contributed by atoms with Gasteiger partial charge in [-0.2, -0.15) is 10.2 Å². The van der Waals surface area contributed by atoms with Gasteiger partial charge < -0.3 is 4.90 Å². The number of benzene rings is 2. The molecule has 2 atom stereocenters. The maximum absolute atomic E-state index is 5.15. The third-order valence-electron chi connectivity index (χ3n) is 8.24. The van der Waals surface area contributed by atoms with Crippen LogP contribution in [0.1, 0.15) is 6.42 Å². The second-order valence-corrected chi connectivity index (χ2v) is 10.3. The van der Waals surface area contributed by atoms with E-state index in [1.54, 1.807) is 12.4 Å². The number of piperazine rings is 1. The molecule has 39 heavy (non-hydrogen) atoms. The number of halogens is 1. The molecule has 2 aromatic carbocycles. The summed E-state index contributed by atoms with van der Waals surface area (Å²) in [7, 11) is 2.24. The average molecular weight is 535 g/mol. The molecule has 0 amide bonds. The Morgan fingerprint density at radius 1 is 0.872 bits per heavy atom. The van der Waals surface area contributed by atoms with Gasteiger partial charge in [-0.05, 0) is 55.4 Å². The predicted molar refractivity (Wildman–Crippen MR) is 156 cm³/mol. The minimum atomic E-state index is 0. The van der Waals surface area contributed by atoms with E-state index in [4.69, 9.17) is 10.1 Å². The van der Waals surface area contributed by atoms with Gasteiger partial charge in [0, 0.05) is 66.0 Å². The van der Waals surface area contributed by atoms with Crippen LogP contribution in [0.5, 0.6) is 0 Å². The highest BCUT2D eigenvalue weighted by atomic mass is 35.5. The number of nitrogens with zero attached hydrogens (tertiary/aromatic N) is 7. The molecule has 8 rings (SSSR count). The number of hydrogen-bond acceptors (Lipinski definition) is 6. The topological polar surface area (TPSA) is 78.2 Å². The zero-order valence-electron chi connectivity index (χ0n) is 21.4. The van der Waals surface area contributed by atoms with E-state index in [0.29, 0.717) is 12.1 Å². The predicted octanol–water partition coefficient (Wildman–Crippen LogP) is 5.32. The molecule has 6 heterocycles. The highest BCUT2D eigenvalue weighted by Crippen LogP contribution is 2.39. The molecule has 2 bridgehead atoms. The summed E-state index contributed by atoms with van der Waals surface area (Å²) < 4.78 is 1.98. The summed E-state index contributed by atoms with van der Waals surface area (Å²) in [6.07, 6.45) is 8.62. The third-order valence-corrected chi connectivity index (χ3v) is 8.24. The molecule has 2 fully saturated rings. The molecule has 9 heteroatoms. The summed E-state index contributed by atoms with van der Waals surface area (Å²) in [6.45, 7) is 2.26. The Hall–Kier alpha value is -4.27. The zero-order valence-corrected chi connectivity index (χ0v) is 22.2. The van der Waals surface area contributed by atoms with Crippen LogP contribution in [0, 0.1) is 0 Å². The number of likely N-dealkylation sites (tertiary alicyclic amines) is 1. The molecule has 2 aliphatic rings. The van der Waals surface area contributed by atoms with Crippen molar-refractivity contribution in [2.45, 2.75) is 18.5 Å². The minimum absolute atomic E-state index is 0. The summed E-state index contributed by atoms with van der Waals surface area (Å²) in [5.41, 5.74) is 9.11. The molecule has 194 valence electrons. The SMILES string of the molecule is CN1C[C@@H]2C[C@H]1CN2c1ccc(-c2ccnc3c(-c4cccc5[nH]ncc45)c(-c4ccncc4)nn23)cc1.Cl. The van der Waals surface area contributed by atoms with Gasteiger partial charge in [0.1, 0.15) is 5.69 Å². The number of nitrogens with one attached hydrogen (secondary N) is 1. The highest BCUT2D eigenvalue weighted by Gasteiger charge is 2.41. The van der Waals surface area contributed by atoms with E-state index < -0.39 is 0 Å². The van der Waals surface area contributed by atoms with Gasteiger partial charge in [0.25, 0.3) is 0 Å². The number of aromatic nitrogens is 6. The molecule has 6 aromatic rings. The van der Waals surface area contributed by atoms with Crippen LogP contribution in [0.2, 0.25) is 0 Å². The maximum atomic E-state index is 5.15. The van der Waals surface area contributed by atoms with Crippen molar-refractivity contribution in [2.24, 2.45) is 0 Å². The second-order valence-electron chi connectivity index (χ2n) is 10.3. The van der Waals surface area contributed by atoms with Crippen LogP contribution in [0.4, 0.5) is 5.69 Å². The summed E-state index contributed by atoms with van der Waals surface area (Å²) in [4.78, 5) is 14.1. The van der Waals surface area contributed by atoms with Gasteiger partial charge in [0.2, 0.25) is 0 Å². The first-order valence-corrected chi connectivity index (χ1v) is 13.0. The zero-order chi connectivity index (χ0) is 25.2. The van der Waals surface area contributed by atoms with Crippen LogP contribution in [-0.2, 0) is 0 Å². The molecule has 0 unspecified atom stereocenters. The largest absolute Gasteiger partial charge is 0.366 e. The lowest BCUT2D eigenvalue weighted by Gasteiger charge is -2.33. The number of anilines is 1. The number of pyridine rings is 1. The van der Waals surface area contributed by atoms with Gasteiger partial charge in [-0.25, -0.2) is 9.50 Å². The first kappa shape index (κ1) is 23.8. The molecule has 0 radical (unpaired) electrons. The van der Waals surface area contributed by atoms with Gasteiger partial charge >= 0.3 is 0 Å². The third kappa shape index (κ3) is 3.71. The fourth-order valence-corrected chi connectivity index (χ4v) is 6.32. The smallest absolute Gasteiger partial charge is 0.164 e. The van der Waals surface area contributed by atoms with E-state index in [9.17, 15) is 0 Å². The molecule has 0 saturated carbocycles. The van der Waals surface area contributed by atoms with Crippen molar-refractivity contribution in [1.82, 2.24) is 34.7 Å². The lowest BCUT2D eigenvalue weighted by atomic mass is 9.99. The quantitative estimate of drug-likeness (QED) is 0.330. The van der Waals surface area contributed by atoms with Gasteiger partial charge in [0.05, 0.1) is 23.0 Å². The molecular formula is C30H27ClN8. The molecule has 1 N–H and O–H groups in total. The Kier molecular flexibility index (Phi) is 5.61. The van der Waals surface area contributed by atoms with Crippen LogP contribution in [0.3, 0.4) is 0 Å². The number of hydrogen-bond donors (Lipinski definition) is 1. The second kappa shape index (κ2) is 9.18. The summed E-state index contributed by atoms with van der Waals surface area (Å²) in [5.74, 6) is 0. The van der Waals surface area contributed by atoms with Gasteiger partial charge in [0.15, 0.2) is 5.65 Å². The van der Waals surface area contributed by atoms with Crippen molar-refractivity contribution >= 4 is 34.6 Å². The number of H-pyrrole nitrogens is 1. The first-order valence-electron chi connectivity index (χ1n) is 13.0. The van der Waals surface area contributed by atoms with Gasteiger partial charge in [-0.15, -0.1) is 12.4 Å². The van der Waals surface area contributed by atoms with E-state index in [1.165, 1.54) is 12.1 Å². The van der Waals surface area contributed by atoms with Crippen LogP contribution in [-0.4, -0.2) is 66.9 Å². The van der Waals surface area contributed by atoms with Crippen molar-refractivity contribution in [2.75, 3.05) is 25.0 Å². The van der Waals surface area contributed by atoms with E-state index in [1.807, 2.05) is 47.2 Å². The first-order chi connectivity index (χ1) is 18.7. The molecule has 4 aromatic heterocycles. The van der Waals surface area contributed by atoms with E-state index >= 15 is 0 Å². The molecule has 2 saturated heterocycles. The van der Waals surface area contributed by atoms with E-state index in [0.717, 1.165) is 63.3 Å². The van der Waals surface area contributed by atoms with Gasteiger partial charge in [-0.3, -0.25) is 15.0 Å². The summed E-state index contributed by atoms with van der Waals surface area (Å²) in [5, 5.41) is 13.6. The Morgan fingerprint density at radius 3 is 2.49 bits per heavy atom.